The zero-order valence-corrected chi connectivity index (χ0v) is 17.1. The molecule has 158 valence electrons. The lowest BCUT2D eigenvalue weighted by atomic mass is 10.2. The standard InChI is InChI=1S/C24H21NO6/c1-15-23(31-17-7-4-3-5-8-17)22(26)20-11-10-18(13-21(20)30-15)29-16(2)24(27)25-14-19-9-6-12-28-19/h3-13,16H,14H2,1-2H3,(H,25,27)/t16-/m1/s1. The number of para-hydroxylation sites is 1. The van der Waals surface area contributed by atoms with Crippen molar-refractivity contribution in [2.24, 2.45) is 0 Å². The largest absolute Gasteiger partial charge is 0.481 e. The molecular formula is C24H21NO6. The molecule has 7 nitrogen and oxygen atoms in total. The number of benzene rings is 2. The third-order valence-corrected chi connectivity index (χ3v) is 4.65. The van der Waals surface area contributed by atoms with Crippen LogP contribution >= 0.6 is 0 Å². The average Bonchev–Trinajstić information content (AvgIpc) is 3.29. The fourth-order valence-corrected chi connectivity index (χ4v) is 3.05. The number of fused-ring (bicyclic) bond motifs is 1. The van der Waals surface area contributed by atoms with Crippen molar-refractivity contribution in [2.45, 2.75) is 26.5 Å². The van der Waals surface area contributed by atoms with Crippen molar-refractivity contribution < 1.29 is 23.1 Å². The van der Waals surface area contributed by atoms with E-state index in [1.165, 1.54) is 0 Å². The molecule has 0 saturated heterocycles. The molecule has 0 saturated carbocycles. The second kappa shape index (κ2) is 8.79. The van der Waals surface area contributed by atoms with Crippen LogP contribution in [0, 0.1) is 6.92 Å². The highest BCUT2D eigenvalue weighted by atomic mass is 16.5. The summed E-state index contributed by atoms with van der Waals surface area (Å²) >= 11 is 0. The van der Waals surface area contributed by atoms with Gasteiger partial charge in [0.1, 0.15) is 28.6 Å². The predicted molar refractivity (Wildman–Crippen MR) is 114 cm³/mol. The van der Waals surface area contributed by atoms with Crippen LogP contribution in [-0.2, 0) is 11.3 Å². The van der Waals surface area contributed by atoms with Crippen LogP contribution < -0.4 is 20.2 Å². The molecule has 4 rings (SSSR count). The number of hydrogen-bond acceptors (Lipinski definition) is 6. The lowest BCUT2D eigenvalue weighted by Gasteiger charge is -2.15. The summed E-state index contributed by atoms with van der Waals surface area (Å²) in [6.07, 6.45) is 0.795. The smallest absolute Gasteiger partial charge is 0.261 e. The van der Waals surface area contributed by atoms with E-state index in [1.54, 1.807) is 62.6 Å². The minimum Gasteiger partial charge on any atom is -0.481 e. The van der Waals surface area contributed by atoms with Gasteiger partial charge in [0.25, 0.3) is 5.91 Å². The number of carbonyl (C=O) groups excluding carboxylic acids is 1. The molecule has 0 radical (unpaired) electrons. The Bertz CT molecular complexity index is 1240. The normalized spacial score (nSPS) is 11.8. The number of furan rings is 1. The maximum Gasteiger partial charge on any atom is 0.261 e. The molecule has 1 atom stereocenters. The first kappa shape index (κ1) is 20.3. The van der Waals surface area contributed by atoms with Gasteiger partial charge in [-0.3, -0.25) is 9.59 Å². The third-order valence-electron chi connectivity index (χ3n) is 4.65. The highest BCUT2D eigenvalue weighted by Crippen LogP contribution is 2.27. The summed E-state index contributed by atoms with van der Waals surface area (Å²) in [5, 5.41) is 3.10. The molecule has 1 N–H and O–H groups in total. The molecule has 0 aliphatic carbocycles. The van der Waals surface area contributed by atoms with Gasteiger partial charge < -0.3 is 23.6 Å². The Hall–Kier alpha value is -4.00. The van der Waals surface area contributed by atoms with Crippen LogP contribution in [-0.4, -0.2) is 12.0 Å². The molecule has 0 fully saturated rings. The lowest BCUT2D eigenvalue weighted by molar-refractivity contribution is -0.127. The lowest BCUT2D eigenvalue weighted by Crippen LogP contribution is -2.35. The summed E-state index contributed by atoms with van der Waals surface area (Å²) in [5.74, 6) is 1.80. The Morgan fingerprint density at radius 1 is 1.06 bits per heavy atom. The van der Waals surface area contributed by atoms with Gasteiger partial charge in [0.15, 0.2) is 6.10 Å². The average molecular weight is 419 g/mol. The highest BCUT2D eigenvalue weighted by Gasteiger charge is 2.18. The Kier molecular flexibility index (Phi) is 5.75. The van der Waals surface area contributed by atoms with Crippen LogP contribution in [0.2, 0.25) is 0 Å². The second-order valence-corrected chi connectivity index (χ2v) is 6.95. The van der Waals surface area contributed by atoms with E-state index in [2.05, 4.69) is 5.32 Å². The molecule has 4 aromatic rings. The molecule has 2 aromatic heterocycles. The number of rotatable bonds is 7. The molecule has 31 heavy (non-hydrogen) atoms. The van der Waals surface area contributed by atoms with E-state index in [4.69, 9.17) is 18.3 Å². The number of ether oxygens (including phenoxy) is 2. The Labute approximate surface area is 178 Å². The molecule has 2 heterocycles. The summed E-state index contributed by atoms with van der Waals surface area (Å²) < 4.78 is 22.5. The predicted octanol–water partition coefficient (Wildman–Crippen LogP) is 4.57. The van der Waals surface area contributed by atoms with Gasteiger partial charge in [0, 0.05) is 6.07 Å². The molecule has 0 spiro atoms. The monoisotopic (exact) mass is 419 g/mol. The van der Waals surface area contributed by atoms with Gasteiger partial charge >= 0.3 is 0 Å². The van der Waals surface area contributed by atoms with Gasteiger partial charge in [0.05, 0.1) is 18.2 Å². The topological polar surface area (TPSA) is 90.9 Å². The number of amides is 1. The molecular weight excluding hydrogens is 398 g/mol. The summed E-state index contributed by atoms with van der Waals surface area (Å²) in [6, 6.07) is 17.4. The maximum absolute atomic E-state index is 12.9. The van der Waals surface area contributed by atoms with Crippen molar-refractivity contribution in [3.05, 3.63) is 88.7 Å². The SMILES string of the molecule is Cc1oc2cc(O[C@H](C)C(=O)NCc3ccco3)ccc2c(=O)c1Oc1ccccc1. The highest BCUT2D eigenvalue weighted by molar-refractivity contribution is 5.82. The summed E-state index contributed by atoms with van der Waals surface area (Å²) in [7, 11) is 0. The summed E-state index contributed by atoms with van der Waals surface area (Å²) in [4.78, 5) is 25.2. The van der Waals surface area contributed by atoms with Crippen molar-refractivity contribution in [2.75, 3.05) is 0 Å². The van der Waals surface area contributed by atoms with Crippen LogP contribution in [0.4, 0.5) is 0 Å². The van der Waals surface area contributed by atoms with Gasteiger partial charge in [-0.25, -0.2) is 0 Å². The van der Waals surface area contributed by atoms with E-state index >= 15 is 0 Å². The molecule has 1 amide bonds. The first-order chi connectivity index (χ1) is 15.0. The minimum absolute atomic E-state index is 0.137. The van der Waals surface area contributed by atoms with Crippen molar-refractivity contribution in [1.82, 2.24) is 5.32 Å². The van der Waals surface area contributed by atoms with Gasteiger partial charge in [-0.2, -0.15) is 0 Å². The molecule has 0 aliphatic heterocycles. The molecule has 7 heteroatoms. The van der Waals surface area contributed by atoms with Crippen LogP contribution in [0.25, 0.3) is 11.0 Å². The van der Waals surface area contributed by atoms with E-state index in [9.17, 15) is 9.59 Å². The number of hydrogen-bond donors (Lipinski definition) is 1. The molecule has 2 aromatic carbocycles. The summed E-state index contributed by atoms with van der Waals surface area (Å²) in [5.41, 5.74) is 0.0713. The van der Waals surface area contributed by atoms with E-state index < -0.39 is 6.10 Å². The Morgan fingerprint density at radius 2 is 1.87 bits per heavy atom. The minimum atomic E-state index is -0.749. The molecule has 0 bridgehead atoms. The fourth-order valence-electron chi connectivity index (χ4n) is 3.05. The van der Waals surface area contributed by atoms with Gasteiger partial charge in [0.2, 0.25) is 11.2 Å². The Morgan fingerprint density at radius 3 is 2.61 bits per heavy atom. The van der Waals surface area contributed by atoms with Crippen molar-refractivity contribution >= 4 is 16.9 Å². The van der Waals surface area contributed by atoms with Crippen molar-refractivity contribution in [1.29, 1.82) is 0 Å². The van der Waals surface area contributed by atoms with Crippen LogP contribution in [0.1, 0.15) is 18.4 Å². The van der Waals surface area contributed by atoms with Crippen LogP contribution in [0.15, 0.2) is 80.6 Å². The van der Waals surface area contributed by atoms with Crippen LogP contribution in [0.5, 0.6) is 17.2 Å². The van der Waals surface area contributed by atoms with E-state index in [1.807, 2.05) is 18.2 Å². The first-order valence-electron chi connectivity index (χ1n) is 9.78. The van der Waals surface area contributed by atoms with Crippen molar-refractivity contribution in [3.8, 4) is 17.2 Å². The van der Waals surface area contributed by atoms with Gasteiger partial charge in [-0.15, -0.1) is 0 Å². The summed E-state index contributed by atoms with van der Waals surface area (Å²) in [6.45, 7) is 3.58. The number of carbonyl (C=O) groups is 1. The fraction of sp³-hybridized carbons (Fsp3) is 0.167. The number of aryl methyl sites for hydroxylation is 1. The van der Waals surface area contributed by atoms with Crippen LogP contribution in [0.3, 0.4) is 0 Å². The molecule has 0 aliphatic rings. The van der Waals surface area contributed by atoms with Crippen molar-refractivity contribution in [3.63, 3.8) is 0 Å². The third kappa shape index (κ3) is 4.61. The van der Waals surface area contributed by atoms with Gasteiger partial charge in [-0.05, 0) is 50.2 Å². The zero-order valence-electron chi connectivity index (χ0n) is 17.1. The molecule has 0 unspecified atom stereocenters. The zero-order chi connectivity index (χ0) is 21.8. The van der Waals surface area contributed by atoms with Gasteiger partial charge in [-0.1, -0.05) is 18.2 Å². The quantitative estimate of drug-likeness (QED) is 0.472. The van der Waals surface area contributed by atoms with E-state index in [0.717, 1.165) is 0 Å². The maximum atomic E-state index is 12.9. The second-order valence-electron chi connectivity index (χ2n) is 6.95. The van der Waals surface area contributed by atoms with E-state index in [-0.39, 0.29) is 23.6 Å². The van der Waals surface area contributed by atoms with E-state index in [0.29, 0.717) is 34.0 Å². The first-order valence-corrected chi connectivity index (χ1v) is 9.78. The number of nitrogens with one attached hydrogen (secondary N) is 1. The Balaban J connectivity index is 1.50.